The van der Waals surface area contributed by atoms with Gasteiger partial charge in [0.1, 0.15) is 0 Å². The minimum atomic E-state index is -4.52. The van der Waals surface area contributed by atoms with Crippen molar-refractivity contribution in [3.63, 3.8) is 0 Å². The van der Waals surface area contributed by atoms with Gasteiger partial charge in [-0.1, -0.05) is 57.2 Å². The Kier molecular flexibility index (Phi) is 5.13. The summed E-state index contributed by atoms with van der Waals surface area (Å²) in [5.41, 5.74) is -1.38. The number of halogens is 3. The molecule has 2 aliphatic heterocycles. The molecule has 2 heterocycles. The zero-order valence-corrected chi connectivity index (χ0v) is 18.4. The highest BCUT2D eigenvalue weighted by Crippen LogP contribution is 2.60. The average Bonchev–Trinajstić information content (AvgIpc) is 3.08. The highest BCUT2D eigenvalue weighted by atomic mass is 19.4. The lowest BCUT2D eigenvalue weighted by molar-refractivity contribution is -0.137. The maximum absolute atomic E-state index is 13.7. The van der Waals surface area contributed by atoms with Crippen LogP contribution in [0.15, 0.2) is 54.7 Å². The van der Waals surface area contributed by atoms with E-state index < -0.39 is 40.6 Å². The lowest BCUT2D eigenvalue weighted by atomic mass is 9.66. The Bertz CT molecular complexity index is 1200. The van der Waals surface area contributed by atoms with Crippen LogP contribution in [0.4, 0.5) is 13.2 Å². The second-order valence-electron chi connectivity index (χ2n) is 9.54. The van der Waals surface area contributed by atoms with Crippen molar-refractivity contribution in [2.75, 3.05) is 0 Å². The third kappa shape index (κ3) is 3.40. The van der Waals surface area contributed by atoms with E-state index in [-0.39, 0.29) is 5.78 Å². The van der Waals surface area contributed by atoms with Gasteiger partial charge in [0.15, 0.2) is 11.2 Å². The monoisotopic (exact) mass is 449 g/mol. The van der Waals surface area contributed by atoms with Crippen molar-refractivity contribution in [2.45, 2.75) is 44.9 Å². The maximum Gasteiger partial charge on any atom is 0.416 e. The zero-order valence-electron chi connectivity index (χ0n) is 18.4. The van der Waals surface area contributed by atoms with E-state index in [1.165, 1.54) is 12.1 Å². The fourth-order valence-electron chi connectivity index (χ4n) is 4.99. The summed E-state index contributed by atoms with van der Waals surface area (Å²) in [4.78, 5) is 15.4. The van der Waals surface area contributed by atoms with Crippen LogP contribution in [0.1, 0.15) is 55.0 Å². The standard InChI is InChI=1S/C26H22F3N3O/c1-24(2,3)23(33)21-20(17-8-10-18(11-9-17)26(27,28)29)25(14-30,15-31)22-19-7-5-4-6-16(19)12-13-32(21)22/h4-13,20-22H,1-3H3/t20-,21+,22-/m0/s1. The van der Waals surface area contributed by atoms with Crippen molar-refractivity contribution in [3.05, 3.63) is 77.0 Å². The van der Waals surface area contributed by atoms with E-state index in [0.29, 0.717) is 5.56 Å². The predicted molar refractivity (Wildman–Crippen MR) is 116 cm³/mol. The molecule has 2 aromatic rings. The summed E-state index contributed by atoms with van der Waals surface area (Å²) in [5.74, 6) is -1.13. The lowest BCUT2D eigenvalue weighted by Gasteiger charge is -2.36. The van der Waals surface area contributed by atoms with Gasteiger partial charge in [0.2, 0.25) is 0 Å². The fraction of sp³-hybridized carbons (Fsp3) is 0.346. The molecule has 4 nitrogen and oxygen atoms in total. The molecular formula is C26H22F3N3O. The maximum atomic E-state index is 13.7. The summed E-state index contributed by atoms with van der Waals surface area (Å²) in [5, 5.41) is 20.8. The van der Waals surface area contributed by atoms with Crippen molar-refractivity contribution in [2.24, 2.45) is 10.8 Å². The number of Topliss-reactive ketones (excluding diaryl/α,β-unsaturated/α-hetero) is 1. The lowest BCUT2D eigenvalue weighted by Crippen LogP contribution is -2.43. The van der Waals surface area contributed by atoms with E-state index >= 15 is 0 Å². The number of nitriles is 2. The Morgan fingerprint density at radius 2 is 1.61 bits per heavy atom. The van der Waals surface area contributed by atoms with Gasteiger partial charge in [0, 0.05) is 17.5 Å². The number of hydrogen-bond donors (Lipinski definition) is 0. The van der Waals surface area contributed by atoms with Crippen molar-refractivity contribution in [3.8, 4) is 12.1 Å². The Labute approximate surface area is 190 Å². The van der Waals surface area contributed by atoms with Gasteiger partial charge >= 0.3 is 6.18 Å². The first-order valence-corrected chi connectivity index (χ1v) is 10.5. The van der Waals surface area contributed by atoms with E-state index in [1.54, 1.807) is 31.9 Å². The van der Waals surface area contributed by atoms with Crippen molar-refractivity contribution in [1.82, 2.24) is 4.90 Å². The van der Waals surface area contributed by atoms with Gasteiger partial charge in [0.05, 0.1) is 29.8 Å². The van der Waals surface area contributed by atoms with Crippen molar-refractivity contribution in [1.29, 1.82) is 10.5 Å². The molecule has 1 fully saturated rings. The summed E-state index contributed by atoms with van der Waals surface area (Å²) in [6.45, 7) is 5.28. The second-order valence-corrected chi connectivity index (χ2v) is 9.54. The van der Waals surface area contributed by atoms with Gasteiger partial charge in [-0.3, -0.25) is 4.79 Å². The van der Waals surface area contributed by atoms with E-state index in [0.717, 1.165) is 23.3 Å². The number of hydrogen-bond acceptors (Lipinski definition) is 4. The summed E-state index contributed by atoms with van der Waals surface area (Å²) >= 11 is 0. The van der Waals surface area contributed by atoms with Crippen LogP contribution in [0, 0.1) is 33.5 Å². The molecule has 0 aliphatic carbocycles. The summed E-state index contributed by atoms with van der Waals surface area (Å²) in [6.07, 6.45) is -0.951. The number of carbonyl (C=O) groups excluding carboxylic acids is 1. The molecule has 0 spiro atoms. The molecule has 1 saturated heterocycles. The Balaban J connectivity index is 1.98. The molecule has 2 aliphatic rings. The van der Waals surface area contributed by atoms with Gasteiger partial charge in [-0.15, -0.1) is 0 Å². The van der Waals surface area contributed by atoms with Crippen LogP contribution in [0.5, 0.6) is 0 Å². The zero-order chi connectivity index (χ0) is 24.2. The number of fused-ring (bicyclic) bond motifs is 3. The van der Waals surface area contributed by atoms with Crippen LogP contribution < -0.4 is 0 Å². The summed E-state index contributed by atoms with van der Waals surface area (Å²) in [7, 11) is 0. The quantitative estimate of drug-likeness (QED) is 0.577. The molecule has 0 saturated carbocycles. The molecule has 0 amide bonds. The van der Waals surface area contributed by atoms with Gasteiger partial charge in [-0.05, 0) is 34.9 Å². The molecule has 0 aromatic heterocycles. The first-order valence-electron chi connectivity index (χ1n) is 10.5. The van der Waals surface area contributed by atoms with E-state index in [9.17, 15) is 28.5 Å². The topological polar surface area (TPSA) is 67.9 Å². The van der Waals surface area contributed by atoms with Gasteiger partial charge < -0.3 is 4.90 Å². The first kappa shape index (κ1) is 22.6. The Morgan fingerprint density at radius 3 is 2.15 bits per heavy atom. The molecule has 7 heteroatoms. The highest BCUT2D eigenvalue weighted by Gasteiger charge is 2.64. The molecule has 168 valence electrons. The normalized spacial score (nSPS) is 23.3. The van der Waals surface area contributed by atoms with Crippen LogP contribution >= 0.6 is 0 Å². The third-order valence-electron chi connectivity index (χ3n) is 6.55. The predicted octanol–water partition coefficient (Wildman–Crippen LogP) is 5.85. The van der Waals surface area contributed by atoms with Crippen LogP contribution in [0.3, 0.4) is 0 Å². The number of ketones is 1. The number of nitrogens with zero attached hydrogens (tertiary/aromatic N) is 3. The Hall–Kier alpha value is -3.58. The number of carbonyl (C=O) groups is 1. The number of benzene rings is 2. The minimum absolute atomic E-state index is 0.186. The van der Waals surface area contributed by atoms with Crippen LogP contribution in [0.2, 0.25) is 0 Å². The molecule has 33 heavy (non-hydrogen) atoms. The van der Waals surface area contributed by atoms with E-state index in [1.807, 2.05) is 30.3 Å². The SMILES string of the molecule is CC(C)(C)C(=O)[C@H]1[C@H](c2ccc(C(F)(F)F)cc2)C(C#N)(C#N)[C@@H]2c3ccccc3C=CN21. The van der Waals surface area contributed by atoms with Crippen LogP contribution in [0.25, 0.3) is 6.08 Å². The number of rotatable bonds is 2. The molecule has 2 aromatic carbocycles. The highest BCUT2D eigenvalue weighted by molar-refractivity contribution is 5.91. The number of alkyl halides is 3. The smallest absolute Gasteiger partial charge is 0.357 e. The molecular weight excluding hydrogens is 427 g/mol. The van der Waals surface area contributed by atoms with Gasteiger partial charge in [-0.2, -0.15) is 23.7 Å². The molecule has 0 radical (unpaired) electrons. The van der Waals surface area contributed by atoms with E-state index in [2.05, 4.69) is 12.1 Å². The molecule has 3 atom stereocenters. The van der Waals surface area contributed by atoms with Crippen molar-refractivity contribution >= 4 is 11.9 Å². The second kappa shape index (κ2) is 7.49. The minimum Gasteiger partial charge on any atom is -0.357 e. The summed E-state index contributed by atoms with van der Waals surface area (Å²) in [6, 6.07) is 14.5. The summed E-state index contributed by atoms with van der Waals surface area (Å²) < 4.78 is 39.5. The van der Waals surface area contributed by atoms with Gasteiger partial charge in [-0.25, -0.2) is 0 Å². The van der Waals surface area contributed by atoms with Crippen molar-refractivity contribution < 1.29 is 18.0 Å². The third-order valence-corrected chi connectivity index (χ3v) is 6.55. The fourth-order valence-corrected chi connectivity index (χ4v) is 4.99. The largest absolute Gasteiger partial charge is 0.416 e. The average molecular weight is 449 g/mol. The van der Waals surface area contributed by atoms with E-state index in [4.69, 9.17) is 0 Å². The van der Waals surface area contributed by atoms with Gasteiger partial charge in [0.25, 0.3) is 0 Å². The van der Waals surface area contributed by atoms with Crippen LogP contribution in [-0.2, 0) is 11.0 Å². The molecule has 0 N–H and O–H groups in total. The van der Waals surface area contributed by atoms with Crippen LogP contribution in [-0.4, -0.2) is 16.7 Å². The molecule has 0 unspecified atom stereocenters. The first-order chi connectivity index (χ1) is 15.5. The Morgan fingerprint density at radius 1 is 1.00 bits per heavy atom. The molecule has 0 bridgehead atoms. The molecule has 4 rings (SSSR count).